The average molecular weight is 1380 g/mol. The normalized spacial score (nSPS) is 25.2. The number of esters is 1. The molecule has 1 aliphatic heterocycles. The van der Waals surface area contributed by atoms with Crippen LogP contribution in [0.15, 0.2) is 42.5 Å². The number of hydrogen-bond acceptors (Lipinski definition) is 16. The molecule has 5 N–H and O–H groups in total. The summed E-state index contributed by atoms with van der Waals surface area (Å²) < 4.78 is 17.7. The van der Waals surface area contributed by atoms with Crippen molar-refractivity contribution in [2.45, 2.75) is 236 Å². The summed E-state index contributed by atoms with van der Waals surface area (Å²) in [6.45, 7) is 30.7. The van der Waals surface area contributed by atoms with Crippen LogP contribution in [0.3, 0.4) is 0 Å². The van der Waals surface area contributed by atoms with Crippen LogP contribution in [0.2, 0.25) is 0 Å². The fourth-order valence-corrected chi connectivity index (χ4v) is 11.9. The summed E-state index contributed by atoms with van der Waals surface area (Å²) in [7, 11) is 8.18. The van der Waals surface area contributed by atoms with Gasteiger partial charge in [-0.3, -0.25) is 47.9 Å². The molecule has 26 heteroatoms. The minimum Gasteiger partial charge on any atom is -0.451 e. The van der Waals surface area contributed by atoms with Crippen molar-refractivity contribution < 1.29 is 72.1 Å². The van der Waals surface area contributed by atoms with E-state index in [0.717, 1.165) is 9.80 Å². The Bertz CT molecular complexity index is 2850. The van der Waals surface area contributed by atoms with E-state index in [4.69, 9.17) is 26.4 Å². The van der Waals surface area contributed by atoms with Gasteiger partial charge < -0.3 is 70.0 Å². The molecule has 97 heavy (non-hydrogen) atoms. The maximum atomic E-state index is 15.4. The van der Waals surface area contributed by atoms with Gasteiger partial charge in [0.15, 0.2) is 6.10 Å². The van der Waals surface area contributed by atoms with Crippen molar-refractivity contribution in [2.75, 3.05) is 48.8 Å². The number of cyclic esters (lactones) is 1. The second kappa shape index (κ2) is 40.0. The molecular formula is C71H118N10O15S. The Morgan fingerprint density at radius 1 is 0.546 bits per heavy atom. The summed E-state index contributed by atoms with van der Waals surface area (Å²) >= 11 is 5.50. The topological polar surface area (TPSA) is 303 Å². The van der Waals surface area contributed by atoms with Gasteiger partial charge >= 0.3 is 11.2 Å². The lowest BCUT2D eigenvalue weighted by Gasteiger charge is -2.40. The predicted molar refractivity (Wildman–Crippen MR) is 375 cm³/mol. The molecule has 0 aliphatic carbocycles. The molecular weight excluding hydrogens is 1260 g/mol. The van der Waals surface area contributed by atoms with Crippen LogP contribution in [0, 0.1) is 47.3 Å². The van der Waals surface area contributed by atoms with E-state index in [-0.39, 0.29) is 73.9 Å². The van der Waals surface area contributed by atoms with Crippen molar-refractivity contribution in [1.82, 2.24) is 50.7 Å². The van der Waals surface area contributed by atoms with Gasteiger partial charge in [0, 0.05) is 54.5 Å². The lowest BCUT2D eigenvalue weighted by atomic mass is 9.91. The van der Waals surface area contributed by atoms with Gasteiger partial charge in [-0.15, -0.1) is 0 Å². The number of thiocarbonyl (C=S) groups is 1. The zero-order valence-electron chi connectivity index (χ0n) is 62.3. The molecule has 0 aromatic heterocycles. The van der Waals surface area contributed by atoms with Crippen LogP contribution >= 0.6 is 12.2 Å². The fourth-order valence-electron chi connectivity index (χ4n) is 11.6. The Kier molecular flexibility index (Phi) is 35.4. The van der Waals surface area contributed by atoms with E-state index < -0.39 is 167 Å². The third kappa shape index (κ3) is 25.9. The number of nitrogens with zero attached hydrogens (tertiary/aromatic N) is 6. The molecule has 0 unspecified atom stereocenters. The number of rotatable bonds is 19. The van der Waals surface area contributed by atoms with Gasteiger partial charge in [0.1, 0.15) is 66.2 Å². The number of likely N-dealkylation sites (N-methyl/N-ethyl adjacent to an activating group) is 6. The van der Waals surface area contributed by atoms with Crippen molar-refractivity contribution >= 4 is 82.5 Å². The molecule has 1 aliphatic rings. The monoisotopic (exact) mass is 1380 g/mol. The molecule has 13 atom stereocenters. The summed E-state index contributed by atoms with van der Waals surface area (Å²) in [5.41, 5.74) is 0. The van der Waals surface area contributed by atoms with Crippen LogP contribution in [0.1, 0.15) is 163 Å². The van der Waals surface area contributed by atoms with Gasteiger partial charge in [-0.05, 0) is 119 Å². The van der Waals surface area contributed by atoms with Crippen molar-refractivity contribution in [3.8, 4) is 5.75 Å². The van der Waals surface area contributed by atoms with Crippen molar-refractivity contribution in [3.05, 3.63) is 42.5 Å². The largest absolute Gasteiger partial charge is 0.451 e. The Labute approximate surface area is 582 Å². The second-order valence-electron chi connectivity index (χ2n) is 29.0. The van der Waals surface area contributed by atoms with E-state index in [1.54, 1.807) is 84.0 Å². The Morgan fingerprint density at radius 3 is 1.42 bits per heavy atom. The molecule has 0 radical (unpaired) electrons. The van der Waals surface area contributed by atoms with E-state index in [9.17, 15) is 38.7 Å². The molecule has 0 saturated carbocycles. The lowest BCUT2D eigenvalue weighted by Crippen LogP contribution is -2.64. The number of aliphatic hydroxyl groups is 1. The SMILES string of the molecule is C/C=C/C[C@@H](C)[C@@H](O)[C@@H]1C(=O)N[C@H]([C@@H](C)OC(=S)Oc2ccccc2)C(=O)N(C)CC(=O)N(C)[C@@H](CC(C)C)C(=O)N[C@H](CC(C)C)C(=O)N(C)[C@H](CC(C)C)C(=O)N[C@H](C)C(=O)O[C@@H](C(C)C)C(=O)N(C)[C@H](CC(C)C)C(=O)N[C@H](CC(C)C)C(=O)N(C)[C@H](C(C)C)C(=O)N1C. The number of carbonyl (C=O) groups is 11. The van der Waals surface area contributed by atoms with Crippen LogP contribution in [0.4, 0.5) is 0 Å². The summed E-state index contributed by atoms with van der Waals surface area (Å²) in [5, 5.41) is 23.1. The van der Waals surface area contributed by atoms with Crippen LogP contribution in [-0.2, 0) is 62.2 Å². The van der Waals surface area contributed by atoms with Gasteiger partial charge in [0.05, 0.1) is 12.6 Å². The van der Waals surface area contributed by atoms with Crippen LogP contribution in [0.5, 0.6) is 5.75 Å². The maximum absolute atomic E-state index is 15.4. The molecule has 0 spiro atoms. The van der Waals surface area contributed by atoms with E-state index in [0.29, 0.717) is 0 Å². The highest BCUT2D eigenvalue weighted by atomic mass is 32.1. The number of amides is 10. The summed E-state index contributed by atoms with van der Waals surface area (Å²) in [6, 6.07) is -4.05. The average Bonchev–Trinajstić information content (AvgIpc) is 0.810. The van der Waals surface area contributed by atoms with Gasteiger partial charge in [-0.2, -0.15) is 0 Å². The molecule has 1 saturated heterocycles. The number of para-hydroxylation sites is 1. The molecule has 548 valence electrons. The highest BCUT2D eigenvalue weighted by Gasteiger charge is 2.46. The van der Waals surface area contributed by atoms with Gasteiger partial charge in [0.2, 0.25) is 53.2 Å². The highest BCUT2D eigenvalue weighted by molar-refractivity contribution is 7.79. The van der Waals surface area contributed by atoms with Crippen molar-refractivity contribution in [3.63, 3.8) is 0 Å². The predicted octanol–water partition coefficient (Wildman–Crippen LogP) is 5.74. The first-order valence-corrected chi connectivity index (χ1v) is 34.6. The molecule has 1 heterocycles. The van der Waals surface area contributed by atoms with E-state index in [2.05, 4.69) is 21.3 Å². The number of carbonyl (C=O) groups excluding carboxylic acids is 11. The Morgan fingerprint density at radius 2 is 0.979 bits per heavy atom. The third-order valence-electron chi connectivity index (χ3n) is 17.3. The van der Waals surface area contributed by atoms with E-state index in [1.165, 1.54) is 75.7 Å². The number of allylic oxidation sites excluding steroid dienone is 2. The minimum absolute atomic E-state index is 0.0672. The fraction of sp³-hybridized carbons (Fsp3) is 0.718. The molecule has 2 rings (SSSR count). The van der Waals surface area contributed by atoms with Crippen molar-refractivity contribution in [1.29, 1.82) is 0 Å². The van der Waals surface area contributed by atoms with E-state index in [1.807, 2.05) is 69.2 Å². The van der Waals surface area contributed by atoms with Crippen molar-refractivity contribution in [2.24, 2.45) is 47.3 Å². The third-order valence-corrected chi connectivity index (χ3v) is 17.5. The van der Waals surface area contributed by atoms with Crippen LogP contribution in [-0.4, -0.2) is 226 Å². The zero-order valence-corrected chi connectivity index (χ0v) is 63.1. The Hall–Kier alpha value is -7.22. The molecule has 0 bridgehead atoms. The van der Waals surface area contributed by atoms with Gasteiger partial charge in [-0.25, -0.2) is 4.79 Å². The zero-order chi connectivity index (χ0) is 74.4. The summed E-state index contributed by atoms with van der Waals surface area (Å²) in [4.78, 5) is 171. The number of hydrogen-bond donors (Lipinski definition) is 5. The maximum Gasteiger partial charge on any atom is 0.358 e. The first kappa shape index (κ1) is 85.9. The highest BCUT2D eigenvalue weighted by Crippen LogP contribution is 2.26. The van der Waals surface area contributed by atoms with Crippen LogP contribution < -0.4 is 26.0 Å². The number of aliphatic hydroxyl groups excluding tert-OH is 1. The van der Waals surface area contributed by atoms with Gasteiger partial charge in [0.25, 0.3) is 5.91 Å². The number of ether oxygens (including phenoxy) is 3. The summed E-state index contributed by atoms with van der Waals surface area (Å²) in [5.74, 6) is -11.5. The first-order chi connectivity index (χ1) is 45.0. The van der Waals surface area contributed by atoms with Crippen LogP contribution in [0.25, 0.3) is 0 Å². The smallest absolute Gasteiger partial charge is 0.358 e. The molecule has 1 fully saturated rings. The summed E-state index contributed by atoms with van der Waals surface area (Å²) in [6.07, 6.45) is -0.269. The number of benzene rings is 1. The van der Waals surface area contributed by atoms with E-state index >= 15 is 19.2 Å². The standard InChI is InChI=1S/C71H118N10O15S/c1-25-26-30-46(16)59(83)58-64(87)75-56(48(18)94-71(97)95-49-31-28-27-29-32-49)67(90)76(19)38-55(82)77(20)52(35-41(6)7)62(85)73-50(33-39(2)3)65(88)78(21)53(36-42(8)9)61(84)72-47(17)70(93)96-60(45(14)15)69(92)79(22)54(37-43(10)11)63(86)74-51(34-40(4)5)66(89)80(23)57(44(12)13)68(91)81(58)24/h25-29,31-32,39-48,50-54,56-60,83H,30,33-38H2,1-24H3,(H,72,84)(H,73,85)(H,74,86)(H,75,87)/b26-25+/t46-,47-,48-,50-,51-,52+,53-,54-,56-,57-,58-,59-,60+/m1/s1. The first-order valence-electron chi connectivity index (χ1n) is 34.2. The van der Waals surface area contributed by atoms with Gasteiger partial charge in [-0.1, -0.05) is 134 Å². The lowest BCUT2D eigenvalue weighted by molar-refractivity contribution is -0.166. The second-order valence-corrected chi connectivity index (χ2v) is 29.4. The molecule has 1 aromatic carbocycles. The molecule has 25 nitrogen and oxygen atoms in total. The molecule has 1 aromatic rings. The molecule has 10 amide bonds. The minimum atomic E-state index is -1.78. The number of nitrogens with one attached hydrogen (secondary N) is 4. The Balaban J connectivity index is 3.14. The quantitative estimate of drug-likeness (QED) is 0.0627.